The molecule has 1 saturated heterocycles. The summed E-state index contributed by atoms with van der Waals surface area (Å²) >= 11 is 0. The summed E-state index contributed by atoms with van der Waals surface area (Å²) in [6.45, 7) is 5.75. The molecule has 0 aromatic heterocycles. The maximum absolute atomic E-state index is 11.2. The Morgan fingerprint density at radius 2 is 2.00 bits per heavy atom. The number of aliphatic carboxylic acids is 1. The highest BCUT2D eigenvalue weighted by atomic mass is 16.9. The average Bonchev–Trinajstić information content (AvgIpc) is 2.44. The van der Waals surface area contributed by atoms with Gasteiger partial charge >= 0.3 is 5.97 Å². The van der Waals surface area contributed by atoms with E-state index >= 15 is 0 Å². The highest BCUT2D eigenvalue weighted by Gasteiger charge is 2.71. The van der Waals surface area contributed by atoms with Crippen LogP contribution in [0.1, 0.15) is 40.0 Å². The van der Waals surface area contributed by atoms with Crippen LogP contribution in [0.15, 0.2) is 0 Å². The van der Waals surface area contributed by atoms with Crippen molar-refractivity contribution in [1.29, 1.82) is 0 Å². The lowest BCUT2D eigenvalue weighted by Gasteiger charge is -2.64. The van der Waals surface area contributed by atoms with Gasteiger partial charge in [0.2, 0.25) is 0 Å². The average molecular weight is 256 g/mol. The van der Waals surface area contributed by atoms with Crippen LogP contribution in [0.5, 0.6) is 0 Å². The van der Waals surface area contributed by atoms with Gasteiger partial charge in [-0.3, -0.25) is 4.79 Å². The highest BCUT2D eigenvalue weighted by molar-refractivity contribution is 5.68. The zero-order valence-electron chi connectivity index (χ0n) is 11.0. The Bertz CT molecular complexity index is 402. The molecule has 5 atom stereocenters. The summed E-state index contributed by atoms with van der Waals surface area (Å²) in [6, 6.07) is 0. The second kappa shape index (κ2) is 3.26. The first-order valence-corrected chi connectivity index (χ1v) is 6.49. The SMILES string of the molecule is CC1(O)OC2CC3CC(C3(C)C)[C@@]2(CC(=O)O)O1. The first-order chi connectivity index (χ1) is 8.17. The van der Waals surface area contributed by atoms with Crippen LogP contribution >= 0.6 is 0 Å². The third-order valence-electron chi connectivity index (χ3n) is 5.27. The van der Waals surface area contributed by atoms with E-state index in [0.717, 1.165) is 12.8 Å². The molecular weight excluding hydrogens is 236 g/mol. The van der Waals surface area contributed by atoms with Gasteiger partial charge in [-0.2, -0.15) is 0 Å². The third-order valence-corrected chi connectivity index (χ3v) is 5.27. The maximum Gasteiger partial charge on any atom is 0.306 e. The molecule has 102 valence electrons. The maximum atomic E-state index is 11.2. The lowest BCUT2D eigenvalue weighted by Crippen LogP contribution is -2.67. The van der Waals surface area contributed by atoms with Crippen molar-refractivity contribution >= 4 is 5.97 Å². The van der Waals surface area contributed by atoms with Crippen molar-refractivity contribution in [3.8, 4) is 0 Å². The fraction of sp³-hybridized carbons (Fsp3) is 0.923. The Morgan fingerprint density at radius 1 is 1.33 bits per heavy atom. The van der Waals surface area contributed by atoms with E-state index in [0.29, 0.717) is 5.92 Å². The standard InChI is InChI=1S/C13H20O5/c1-11(2)7-4-8(11)13(6-10(14)15)9(5-7)17-12(3,16)18-13/h7-9,16H,4-6H2,1-3H3,(H,14,15)/t7?,8?,9?,12?,13-/m1/s1. The molecular formula is C13H20O5. The van der Waals surface area contributed by atoms with Crippen LogP contribution < -0.4 is 0 Å². The van der Waals surface area contributed by atoms with Gasteiger partial charge in [-0.1, -0.05) is 13.8 Å². The second-order valence-corrected chi connectivity index (χ2v) is 6.67. The molecule has 1 aliphatic heterocycles. The number of carboxylic acid groups (broad SMARTS) is 1. The van der Waals surface area contributed by atoms with E-state index in [1.807, 2.05) is 0 Å². The minimum atomic E-state index is -1.66. The van der Waals surface area contributed by atoms with Gasteiger partial charge in [0.25, 0.3) is 5.97 Å². The summed E-state index contributed by atoms with van der Waals surface area (Å²) < 4.78 is 11.2. The number of hydrogen-bond donors (Lipinski definition) is 2. The van der Waals surface area contributed by atoms with E-state index in [4.69, 9.17) is 14.6 Å². The Labute approximate surface area is 106 Å². The number of carbonyl (C=O) groups is 1. The Balaban J connectivity index is 1.99. The zero-order chi connectivity index (χ0) is 13.3. The smallest absolute Gasteiger partial charge is 0.306 e. The largest absolute Gasteiger partial charge is 0.481 e. The number of ether oxygens (including phenoxy) is 2. The van der Waals surface area contributed by atoms with Crippen LogP contribution in [0.25, 0.3) is 0 Å². The molecule has 2 N–H and O–H groups in total. The highest BCUT2D eigenvalue weighted by Crippen LogP contribution is 2.67. The van der Waals surface area contributed by atoms with Crippen LogP contribution in [0.4, 0.5) is 0 Å². The number of aliphatic hydroxyl groups is 1. The molecule has 4 aliphatic rings. The number of hydrogen-bond acceptors (Lipinski definition) is 4. The first-order valence-electron chi connectivity index (χ1n) is 6.49. The molecule has 5 heteroatoms. The molecule has 0 aromatic rings. The van der Waals surface area contributed by atoms with Crippen molar-refractivity contribution in [2.75, 3.05) is 0 Å². The van der Waals surface area contributed by atoms with Crippen LogP contribution in [0.3, 0.4) is 0 Å². The van der Waals surface area contributed by atoms with E-state index in [1.54, 1.807) is 0 Å². The van der Waals surface area contributed by atoms with Gasteiger partial charge in [-0.25, -0.2) is 0 Å². The summed E-state index contributed by atoms with van der Waals surface area (Å²) in [4.78, 5) is 11.2. The second-order valence-electron chi connectivity index (χ2n) is 6.67. The fourth-order valence-electron chi connectivity index (χ4n) is 4.36. The lowest BCUT2D eigenvalue weighted by atomic mass is 9.43. The van der Waals surface area contributed by atoms with Crippen molar-refractivity contribution in [1.82, 2.24) is 0 Å². The van der Waals surface area contributed by atoms with Crippen LogP contribution in [0, 0.1) is 17.3 Å². The van der Waals surface area contributed by atoms with E-state index in [2.05, 4.69) is 13.8 Å². The predicted octanol–water partition coefficient (Wildman–Crippen LogP) is 1.35. The van der Waals surface area contributed by atoms with Gasteiger partial charge in [-0.15, -0.1) is 0 Å². The first kappa shape index (κ1) is 12.4. The Morgan fingerprint density at radius 3 is 2.56 bits per heavy atom. The Hall–Kier alpha value is -0.650. The van der Waals surface area contributed by atoms with Gasteiger partial charge in [0.15, 0.2) is 0 Å². The molecule has 4 rings (SSSR count). The summed E-state index contributed by atoms with van der Waals surface area (Å²) in [7, 11) is 0. The summed E-state index contributed by atoms with van der Waals surface area (Å²) in [5, 5.41) is 19.1. The van der Waals surface area contributed by atoms with E-state index < -0.39 is 17.5 Å². The van der Waals surface area contributed by atoms with Crippen LogP contribution in [-0.2, 0) is 14.3 Å². The van der Waals surface area contributed by atoms with E-state index in [1.165, 1.54) is 6.92 Å². The predicted molar refractivity (Wildman–Crippen MR) is 61.6 cm³/mol. The number of carboxylic acids is 1. The van der Waals surface area contributed by atoms with Gasteiger partial charge < -0.3 is 19.7 Å². The molecule has 4 fully saturated rings. The quantitative estimate of drug-likeness (QED) is 0.780. The lowest BCUT2D eigenvalue weighted by molar-refractivity contribution is -0.321. The van der Waals surface area contributed by atoms with E-state index in [-0.39, 0.29) is 23.9 Å². The minimum absolute atomic E-state index is 0.0652. The van der Waals surface area contributed by atoms with Crippen molar-refractivity contribution < 1.29 is 24.5 Å². The molecule has 5 nitrogen and oxygen atoms in total. The van der Waals surface area contributed by atoms with Gasteiger partial charge in [-0.05, 0) is 30.1 Å². The van der Waals surface area contributed by atoms with Gasteiger partial charge in [0.05, 0.1) is 12.5 Å². The minimum Gasteiger partial charge on any atom is -0.481 e. The van der Waals surface area contributed by atoms with Crippen molar-refractivity contribution in [3.05, 3.63) is 0 Å². The topological polar surface area (TPSA) is 76.0 Å². The monoisotopic (exact) mass is 256 g/mol. The molecule has 0 spiro atoms. The Kier molecular flexibility index (Phi) is 2.25. The number of rotatable bonds is 2. The summed E-state index contributed by atoms with van der Waals surface area (Å²) in [6.07, 6.45) is 1.33. The molecule has 18 heavy (non-hydrogen) atoms. The van der Waals surface area contributed by atoms with Crippen molar-refractivity contribution in [3.63, 3.8) is 0 Å². The fourth-order valence-corrected chi connectivity index (χ4v) is 4.36. The molecule has 4 unspecified atom stereocenters. The van der Waals surface area contributed by atoms with Crippen molar-refractivity contribution in [2.24, 2.45) is 17.3 Å². The van der Waals surface area contributed by atoms with E-state index in [9.17, 15) is 9.90 Å². The summed E-state index contributed by atoms with van der Waals surface area (Å²) in [5.74, 6) is -1.89. The molecule has 3 saturated carbocycles. The third kappa shape index (κ3) is 1.41. The summed E-state index contributed by atoms with van der Waals surface area (Å²) in [5.41, 5.74) is -0.802. The molecule has 3 aliphatic carbocycles. The molecule has 0 aromatic carbocycles. The normalized spacial score (nSPS) is 52.6. The van der Waals surface area contributed by atoms with Crippen LogP contribution in [0.2, 0.25) is 0 Å². The van der Waals surface area contributed by atoms with Crippen molar-refractivity contribution in [2.45, 2.75) is 57.7 Å². The van der Waals surface area contributed by atoms with Gasteiger partial charge in [0.1, 0.15) is 5.60 Å². The molecule has 0 radical (unpaired) electrons. The molecule has 1 heterocycles. The van der Waals surface area contributed by atoms with Crippen LogP contribution in [-0.4, -0.2) is 33.9 Å². The molecule has 2 bridgehead atoms. The zero-order valence-corrected chi connectivity index (χ0v) is 11.0. The van der Waals surface area contributed by atoms with Gasteiger partial charge in [0, 0.05) is 6.92 Å². The molecule has 0 amide bonds.